The van der Waals surface area contributed by atoms with Gasteiger partial charge in [0, 0.05) is 6.20 Å². The van der Waals surface area contributed by atoms with Crippen LogP contribution in [0.4, 0.5) is 17.6 Å². The van der Waals surface area contributed by atoms with E-state index in [0.717, 1.165) is 5.56 Å². The highest BCUT2D eigenvalue weighted by Gasteiger charge is 2.22. The van der Waals surface area contributed by atoms with Crippen LogP contribution in [0.5, 0.6) is 0 Å². The quantitative estimate of drug-likeness (QED) is 0.426. The number of hydrogen-bond donors (Lipinski definition) is 3. The van der Waals surface area contributed by atoms with Crippen LogP contribution in [-0.4, -0.2) is 24.5 Å². The van der Waals surface area contributed by atoms with Gasteiger partial charge in [-0.1, -0.05) is 17.7 Å². The van der Waals surface area contributed by atoms with Crippen molar-refractivity contribution in [3.05, 3.63) is 69.0 Å². The summed E-state index contributed by atoms with van der Waals surface area (Å²) >= 11 is 6.33. The van der Waals surface area contributed by atoms with Crippen molar-refractivity contribution in [2.75, 3.05) is 16.8 Å². The zero-order valence-corrected chi connectivity index (χ0v) is 17.9. The Morgan fingerprint density at radius 1 is 1.22 bits per heavy atom. The molecule has 0 aliphatic carbocycles. The van der Waals surface area contributed by atoms with Crippen LogP contribution in [0.2, 0.25) is 5.02 Å². The molecule has 10 nitrogen and oxygen atoms in total. The van der Waals surface area contributed by atoms with E-state index >= 15 is 0 Å². The summed E-state index contributed by atoms with van der Waals surface area (Å²) < 4.78 is 1.45. The Balaban J connectivity index is 1.97. The molecule has 11 heteroatoms. The van der Waals surface area contributed by atoms with Gasteiger partial charge in [-0.15, -0.1) is 0 Å². The van der Waals surface area contributed by atoms with Crippen molar-refractivity contribution in [2.24, 2.45) is 0 Å². The van der Waals surface area contributed by atoms with E-state index in [1.807, 2.05) is 13.0 Å². The number of hydrogen-bond acceptors (Lipinski definition) is 9. The minimum absolute atomic E-state index is 0.0429. The molecule has 4 rings (SSSR count). The second-order valence-corrected chi connectivity index (χ2v) is 7.48. The van der Waals surface area contributed by atoms with E-state index in [2.05, 4.69) is 20.3 Å². The first-order valence-corrected chi connectivity index (χ1v) is 9.91. The van der Waals surface area contributed by atoms with Crippen molar-refractivity contribution >= 4 is 40.1 Å². The number of nitrogens with two attached hydrogens (primary N) is 2. The third-order valence-corrected chi connectivity index (χ3v) is 5.25. The summed E-state index contributed by atoms with van der Waals surface area (Å²) in [5.74, 6) is 0.365. The molecule has 160 valence electrons. The van der Waals surface area contributed by atoms with E-state index in [1.165, 1.54) is 4.57 Å². The lowest BCUT2D eigenvalue weighted by molar-refractivity contribution is 0.727. The second-order valence-electron chi connectivity index (χ2n) is 7.08. The molecule has 0 aliphatic rings. The smallest absolute Gasteiger partial charge is 0.267 e. The number of anilines is 3. The predicted octanol–water partition coefficient (Wildman–Crippen LogP) is 2.74. The third kappa shape index (κ3) is 3.55. The van der Waals surface area contributed by atoms with Crippen LogP contribution >= 0.6 is 11.6 Å². The molecule has 0 amide bonds. The Morgan fingerprint density at radius 2 is 2.00 bits per heavy atom. The number of rotatable bonds is 4. The third-order valence-electron chi connectivity index (χ3n) is 4.93. The Bertz CT molecular complexity index is 1460. The van der Waals surface area contributed by atoms with Crippen LogP contribution in [0.25, 0.3) is 16.6 Å². The summed E-state index contributed by atoms with van der Waals surface area (Å²) in [4.78, 5) is 30.4. The van der Waals surface area contributed by atoms with Gasteiger partial charge in [-0.25, -0.2) is 4.98 Å². The maximum atomic E-state index is 13.6. The average Bonchev–Trinajstić information content (AvgIpc) is 2.74. The number of nitrogen functional groups attached to an aromatic ring is 2. The van der Waals surface area contributed by atoms with Gasteiger partial charge in [-0.3, -0.25) is 14.3 Å². The highest BCUT2D eigenvalue weighted by Crippen LogP contribution is 2.27. The monoisotopic (exact) mass is 447 g/mol. The van der Waals surface area contributed by atoms with Gasteiger partial charge >= 0.3 is 0 Å². The summed E-state index contributed by atoms with van der Waals surface area (Å²) in [6.07, 6.45) is 3.22. The molecular formula is C21H18ClN9O. The number of nitriles is 1. The summed E-state index contributed by atoms with van der Waals surface area (Å²) in [6.45, 7) is 3.64. The molecule has 3 aromatic heterocycles. The molecule has 0 saturated heterocycles. The normalized spacial score (nSPS) is 11.8. The van der Waals surface area contributed by atoms with Gasteiger partial charge in [-0.05, 0) is 37.6 Å². The summed E-state index contributed by atoms with van der Waals surface area (Å²) in [5.41, 5.74) is 13.0. The number of nitrogens with one attached hydrogen (secondary N) is 1. The van der Waals surface area contributed by atoms with Crippen LogP contribution in [0.1, 0.15) is 29.9 Å². The van der Waals surface area contributed by atoms with Gasteiger partial charge in [0.2, 0.25) is 5.95 Å². The molecule has 5 N–H and O–H groups in total. The fraction of sp³-hybridized carbons (Fsp3) is 0.143. The fourth-order valence-corrected chi connectivity index (χ4v) is 3.65. The van der Waals surface area contributed by atoms with Crippen LogP contribution in [0, 0.1) is 18.3 Å². The lowest BCUT2D eigenvalue weighted by Crippen LogP contribution is -2.28. The highest BCUT2D eigenvalue weighted by molar-refractivity contribution is 6.35. The molecular weight excluding hydrogens is 430 g/mol. The molecule has 0 bridgehead atoms. The highest BCUT2D eigenvalue weighted by atomic mass is 35.5. The Kier molecular flexibility index (Phi) is 5.34. The first kappa shape index (κ1) is 21.0. The Labute approximate surface area is 187 Å². The van der Waals surface area contributed by atoms with Gasteiger partial charge in [0.1, 0.15) is 23.3 Å². The van der Waals surface area contributed by atoms with E-state index in [1.54, 1.807) is 43.6 Å². The molecule has 32 heavy (non-hydrogen) atoms. The molecule has 0 saturated carbocycles. The first-order valence-electron chi connectivity index (χ1n) is 9.53. The van der Waals surface area contributed by atoms with Gasteiger partial charge in [0.25, 0.3) is 5.56 Å². The average molecular weight is 448 g/mol. The van der Waals surface area contributed by atoms with Gasteiger partial charge < -0.3 is 16.8 Å². The number of aryl methyl sites for hydroxylation is 1. The van der Waals surface area contributed by atoms with Crippen molar-refractivity contribution in [1.29, 1.82) is 5.26 Å². The Morgan fingerprint density at radius 3 is 2.72 bits per heavy atom. The number of pyridine rings is 1. The topological polar surface area (TPSA) is 161 Å². The van der Waals surface area contributed by atoms with E-state index < -0.39 is 6.04 Å². The lowest BCUT2D eigenvalue weighted by Gasteiger charge is -2.21. The molecule has 0 aliphatic heterocycles. The molecule has 4 aromatic rings. The van der Waals surface area contributed by atoms with E-state index in [0.29, 0.717) is 27.4 Å². The number of halogens is 1. The molecule has 0 fully saturated rings. The summed E-state index contributed by atoms with van der Waals surface area (Å²) in [7, 11) is 0. The minimum atomic E-state index is -0.591. The number of fused-ring (bicyclic) bond motifs is 1. The van der Waals surface area contributed by atoms with Gasteiger partial charge in [0.15, 0.2) is 5.82 Å². The lowest BCUT2D eigenvalue weighted by atomic mass is 10.1. The summed E-state index contributed by atoms with van der Waals surface area (Å²) in [6, 6.07) is 8.24. The zero-order valence-electron chi connectivity index (χ0n) is 17.2. The van der Waals surface area contributed by atoms with Gasteiger partial charge in [-0.2, -0.15) is 15.2 Å². The number of aromatic nitrogens is 5. The fourth-order valence-electron chi connectivity index (χ4n) is 3.40. The van der Waals surface area contributed by atoms with E-state index in [9.17, 15) is 10.1 Å². The molecule has 1 aromatic carbocycles. The van der Waals surface area contributed by atoms with Crippen LogP contribution in [0.3, 0.4) is 0 Å². The van der Waals surface area contributed by atoms with Gasteiger partial charge in [0.05, 0.1) is 33.9 Å². The molecule has 1 atom stereocenters. The van der Waals surface area contributed by atoms with Crippen molar-refractivity contribution in [3.8, 4) is 11.8 Å². The van der Waals surface area contributed by atoms with Crippen molar-refractivity contribution in [2.45, 2.75) is 19.9 Å². The predicted molar refractivity (Wildman–Crippen MR) is 122 cm³/mol. The van der Waals surface area contributed by atoms with Crippen molar-refractivity contribution in [3.63, 3.8) is 0 Å². The first-order chi connectivity index (χ1) is 15.3. The molecule has 1 unspecified atom stereocenters. The zero-order chi connectivity index (χ0) is 23.0. The van der Waals surface area contributed by atoms with Crippen molar-refractivity contribution in [1.82, 2.24) is 24.5 Å². The largest absolute Gasteiger partial charge is 0.382 e. The maximum Gasteiger partial charge on any atom is 0.267 e. The SMILES string of the molecule is Cc1ccncc1-n1c(C(C)Nc2nc(N)nc(N)c2C#N)nc2cccc(Cl)c2c1=O. The van der Waals surface area contributed by atoms with Crippen molar-refractivity contribution < 1.29 is 0 Å². The molecule has 0 radical (unpaired) electrons. The minimum Gasteiger partial charge on any atom is -0.382 e. The standard InChI is InChI=1S/C21H18ClN9O/c1-10-6-7-26-9-15(10)31-19(28-14-5-3-4-13(22)16(14)20(31)32)11(2)27-18-12(8-23)17(24)29-21(25)30-18/h3-7,9,11H,1-2H3,(H5,24,25,27,29,30). The van der Waals surface area contributed by atoms with Crippen LogP contribution < -0.4 is 22.3 Å². The summed E-state index contributed by atoms with van der Waals surface area (Å²) in [5, 5.41) is 13.2. The Hall–Kier alpha value is -4.23. The van der Waals surface area contributed by atoms with E-state index in [4.69, 9.17) is 28.1 Å². The van der Waals surface area contributed by atoms with E-state index in [-0.39, 0.29) is 28.7 Å². The number of benzene rings is 1. The van der Waals surface area contributed by atoms with Crippen LogP contribution in [-0.2, 0) is 0 Å². The molecule has 0 spiro atoms. The molecule has 3 heterocycles. The maximum absolute atomic E-state index is 13.6. The number of nitrogens with zero attached hydrogens (tertiary/aromatic N) is 6. The second kappa shape index (κ2) is 8.13. The van der Waals surface area contributed by atoms with Crippen LogP contribution in [0.15, 0.2) is 41.5 Å².